The minimum Gasteiger partial charge on any atom is -0.346 e. The fraction of sp³-hybridized carbons (Fsp3) is 0.390. The molecule has 0 aliphatic heterocycles. The molecule has 2 aliphatic rings. The molecule has 1 amide bonds. The molecule has 3 N–H and O–H groups in total. The molecule has 402 valence electrons. The number of hydrogen-bond acceptors (Lipinski definition) is 9. The molecule has 0 bridgehead atoms. The molecular formula is C59H71ClIN4O8S2-. The molecule has 0 saturated heterocycles. The van der Waals surface area contributed by atoms with Crippen LogP contribution in [0.25, 0.3) is 21.5 Å². The van der Waals surface area contributed by atoms with Gasteiger partial charge in [0.1, 0.15) is 0 Å². The summed E-state index contributed by atoms with van der Waals surface area (Å²) in [4.78, 5) is 50.9. The molecule has 12 nitrogen and oxygen atoms in total. The van der Waals surface area contributed by atoms with E-state index in [4.69, 9.17) is 15.5 Å². The van der Waals surface area contributed by atoms with Gasteiger partial charge in [0.05, 0.1) is 10.9 Å². The molecule has 6 aromatic carbocycles. The molecule has 0 radical (unpaired) electrons. The fourth-order valence-electron chi connectivity index (χ4n) is 9.83. The summed E-state index contributed by atoms with van der Waals surface area (Å²) in [6.07, 6.45) is 12.1. The molecule has 75 heavy (non-hydrogen) atoms. The Morgan fingerprint density at radius 2 is 0.960 bits per heavy atom. The van der Waals surface area contributed by atoms with Gasteiger partial charge in [-0.25, -0.2) is 12.7 Å². The van der Waals surface area contributed by atoms with Crippen molar-refractivity contribution in [2.75, 3.05) is 32.6 Å². The van der Waals surface area contributed by atoms with E-state index in [1.54, 1.807) is 42.5 Å². The predicted molar refractivity (Wildman–Crippen MR) is 296 cm³/mol. The molecular weight excluding hydrogens is 1120 g/mol. The van der Waals surface area contributed by atoms with E-state index in [-0.39, 0.29) is 63.1 Å². The van der Waals surface area contributed by atoms with Gasteiger partial charge in [0, 0.05) is 37.7 Å². The van der Waals surface area contributed by atoms with Crippen LogP contribution in [-0.4, -0.2) is 86.8 Å². The Labute approximate surface area is 459 Å². The number of nitrogens with one attached hydrogen (secondary N) is 1. The number of sulfonamides is 2. The van der Waals surface area contributed by atoms with Crippen LogP contribution in [0.5, 0.6) is 0 Å². The van der Waals surface area contributed by atoms with Crippen LogP contribution in [0.15, 0.2) is 143 Å². The monoisotopic (exact) mass is 1190 g/mol. The van der Waals surface area contributed by atoms with Gasteiger partial charge in [0.15, 0.2) is 5.78 Å². The third-order valence-corrected chi connectivity index (χ3v) is 19.8. The van der Waals surface area contributed by atoms with Crippen LogP contribution >= 0.6 is 11.6 Å². The number of alkyl halides is 1. The number of rotatable bonds is 19. The second-order valence-corrected chi connectivity index (χ2v) is 26.2. The molecule has 16 heteroatoms. The van der Waals surface area contributed by atoms with Crippen molar-refractivity contribution >= 4 is 75.9 Å². The molecule has 8 rings (SSSR count). The van der Waals surface area contributed by atoms with Crippen LogP contribution in [-0.2, 0) is 64.9 Å². The number of nitrogens with zero attached hydrogens (tertiary/aromatic N) is 2. The first-order chi connectivity index (χ1) is 35.9. The quantitative estimate of drug-likeness (QED) is 0.0379. The van der Waals surface area contributed by atoms with Crippen molar-refractivity contribution in [2.24, 2.45) is 21.7 Å². The van der Waals surface area contributed by atoms with Crippen LogP contribution in [0.3, 0.4) is 0 Å². The van der Waals surface area contributed by atoms with E-state index in [1.807, 2.05) is 91.0 Å². The Morgan fingerprint density at radius 1 is 0.547 bits per heavy atom. The van der Waals surface area contributed by atoms with Crippen molar-refractivity contribution in [1.29, 1.82) is 0 Å². The normalized spacial score (nSPS) is 15.4. The number of fused-ring (bicyclic) bond motifs is 2. The summed E-state index contributed by atoms with van der Waals surface area (Å²) in [5, 5.41) is 5.69. The van der Waals surface area contributed by atoms with Gasteiger partial charge in [-0.1, -0.05) is 99.2 Å². The van der Waals surface area contributed by atoms with Crippen molar-refractivity contribution in [3.8, 4) is 0 Å². The van der Waals surface area contributed by atoms with Crippen LogP contribution < -0.4 is 30.7 Å². The number of ketones is 2. The average molecular weight is 1190 g/mol. The second-order valence-electron chi connectivity index (χ2n) is 19.8. The topological polar surface area (TPSA) is 181 Å². The first kappa shape index (κ1) is 59.4. The number of carbonyl (C=O) groups excluding carboxylic acids is 4. The maximum Gasteiger partial charge on any atom is 0.243 e. The Kier molecular flexibility index (Phi) is 22.5. The van der Waals surface area contributed by atoms with Gasteiger partial charge in [0.25, 0.3) is 0 Å². The zero-order valence-corrected chi connectivity index (χ0v) is 48.0. The van der Waals surface area contributed by atoms with E-state index < -0.39 is 47.6 Å². The van der Waals surface area contributed by atoms with Gasteiger partial charge in [-0.15, -0.1) is 0 Å². The standard InChI is InChI=1S/C29H34N2O4S.C23H26IN2O3S.C7H11ClO/c1-31(2)36(34,35)28-18-10-16-24-23(15-9-17-25(24)28)20-27(32)26(19-21-11-5-3-6-12-21)30-29(33)22-13-7-4-8-14-22;1-26(2)30(28,29)23-13-7-11-20-18(10-6-12-21(20)23)15-22(27)19(16-24-25)14-17-8-4-3-5-9-17;8-7(9)6-4-2-1-3-5-6/h3,5-6,9-12,15-18,22,26H,4,7-8,13-14,19-20H2,1-2H3,(H,30,33);3-13,19H,14-16,25H2,1-2H3;6H,1-5H2/q;-1;/t26-;19-;/m01./s1. The SMILES string of the molecule is CN(C)S(=O)(=O)c1cccc2c(CC(=O)[C@@H](C[I-]N)Cc3ccccc3)cccc12.CN(C)S(=O)(=O)c1cccc2c(CC(=O)[C@H](Cc3ccccc3)NC(=O)C3CCCCC3)cccc12.O=C(Cl)C1CCCCC1. The zero-order chi connectivity index (χ0) is 54.1. The number of hydrogen-bond donors (Lipinski definition) is 2. The third-order valence-electron chi connectivity index (χ3n) is 14.1. The molecule has 2 aliphatic carbocycles. The Morgan fingerprint density at radius 3 is 1.39 bits per heavy atom. The predicted octanol–water partition coefficient (Wildman–Crippen LogP) is 6.86. The number of halogens is 2. The molecule has 2 fully saturated rings. The zero-order valence-electron chi connectivity index (χ0n) is 43.4. The van der Waals surface area contributed by atoms with E-state index in [9.17, 15) is 36.0 Å². The van der Waals surface area contributed by atoms with Gasteiger partial charge >= 0.3 is 190 Å². The number of amides is 1. The van der Waals surface area contributed by atoms with Crippen LogP contribution in [0.1, 0.15) is 86.5 Å². The van der Waals surface area contributed by atoms with Crippen molar-refractivity contribution in [1.82, 2.24) is 13.9 Å². The molecule has 2 saturated carbocycles. The van der Waals surface area contributed by atoms with Crippen LogP contribution in [0, 0.1) is 17.8 Å². The summed E-state index contributed by atoms with van der Waals surface area (Å²) in [5.41, 5.74) is 3.71. The van der Waals surface area contributed by atoms with E-state index in [0.717, 1.165) is 82.4 Å². The Bertz CT molecular complexity index is 3110. The molecule has 0 heterocycles. The number of Topliss-reactive ketones (excluding diaryl/α,β-unsaturated/α-hetero) is 2. The summed E-state index contributed by atoms with van der Waals surface area (Å²) in [5.74, 6) is 0.0470. The second kappa shape index (κ2) is 28.5. The van der Waals surface area contributed by atoms with Crippen molar-refractivity contribution in [2.45, 2.75) is 106 Å². The first-order valence-electron chi connectivity index (χ1n) is 25.7. The molecule has 2 atom stereocenters. The van der Waals surface area contributed by atoms with E-state index in [2.05, 4.69) is 5.32 Å². The summed E-state index contributed by atoms with van der Waals surface area (Å²) >= 11 is 4.81. The Hall–Kier alpha value is -4.88. The van der Waals surface area contributed by atoms with Crippen molar-refractivity contribution < 1.29 is 57.5 Å². The number of carbonyl (C=O) groups is 4. The smallest absolute Gasteiger partial charge is 0.243 e. The number of nitrogens with two attached hydrogens (primary N) is 1. The minimum absolute atomic E-state index is 0.0405. The fourth-order valence-corrected chi connectivity index (χ4v) is 13.7. The Balaban J connectivity index is 0.000000211. The van der Waals surface area contributed by atoms with Crippen LogP contribution in [0.2, 0.25) is 0 Å². The van der Waals surface area contributed by atoms with Crippen LogP contribution in [0.4, 0.5) is 0 Å². The molecule has 0 spiro atoms. The van der Waals surface area contributed by atoms with Gasteiger partial charge in [-0.2, -0.15) is 0 Å². The largest absolute Gasteiger partial charge is 0.346 e. The first-order valence-corrected chi connectivity index (χ1v) is 31.7. The summed E-state index contributed by atoms with van der Waals surface area (Å²) in [6, 6.07) is 40.4. The molecule has 0 unspecified atom stereocenters. The maximum atomic E-state index is 13.6. The third kappa shape index (κ3) is 16.3. The van der Waals surface area contributed by atoms with E-state index >= 15 is 0 Å². The van der Waals surface area contributed by atoms with Gasteiger partial charge < -0.3 is 5.32 Å². The summed E-state index contributed by atoms with van der Waals surface area (Å²) in [6.45, 7) is 0. The minimum atomic E-state index is -3.64. The van der Waals surface area contributed by atoms with Gasteiger partial charge in [-0.05, 0) is 66.3 Å². The van der Waals surface area contributed by atoms with Crippen molar-refractivity contribution in [3.05, 3.63) is 156 Å². The summed E-state index contributed by atoms with van der Waals surface area (Å²) < 4.78 is 60.2. The van der Waals surface area contributed by atoms with E-state index in [1.165, 1.54) is 56.1 Å². The van der Waals surface area contributed by atoms with E-state index in [0.29, 0.717) is 23.6 Å². The molecule has 6 aromatic rings. The maximum absolute atomic E-state index is 13.6. The van der Waals surface area contributed by atoms with Gasteiger partial charge in [0.2, 0.25) is 21.2 Å². The number of benzene rings is 6. The average Bonchev–Trinajstić information content (AvgIpc) is 3.42. The molecule has 0 aromatic heterocycles. The summed E-state index contributed by atoms with van der Waals surface area (Å²) in [7, 11) is -1.17. The van der Waals surface area contributed by atoms with Crippen molar-refractivity contribution in [3.63, 3.8) is 0 Å². The van der Waals surface area contributed by atoms with Gasteiger partial charge in [-0.3, -0.25) is 14.4 Å².